The average Bonchev–Trinajstić information content (AvgIpc) is 2.92. The number of aromatic nitrogens is 1. The molecule has 0 unspecified atom stereocenters. The third-order valence-corrected chi connectivity index (χ3v) is 8.01. The number of aliphatic hydroxyl groups excluding tert-OH is 1. The van der Waals surface area contributed by atoms with E-state index in [1.807, 2.05) is 0 Å². The van der Waals surface area contributed by atoms with Gasteiger partial charge in [0.2, 0.25) is 0 Å². The summed E-state index contributed by atoms with van der Waals surface area (Å²) >= 11 is 0.659. The molecule has 3 aromatic carbocycles. The van der Waals surface area contributed by atoms with Crippen LogP contribution in [0.5, 0.6) is 0 Å². The Morgan fingerprint density at radius 3 is 2.38 bits per heavy atom. The molecular weight excluding hydrogens is 548 g/mol. The van der Waals surface area contributed by atoms with Crippen molar-refractivity contribution in [2.45, 2.75) is 16.7 Å². The molecule has 0 aromatic heterocycles. The van der Waals surface area contributed by atoms with Gasteiger partial charge in [-0.2, -0.15) is 8.42 Å². The maximum absolute atomic E-state index is 13.8. The van der Waals surface area contributed by atoms with Crippen molar-refractivity contribution in [2.24, 2.45) is 0 Å². The van der Waals surface area contributed by atoms with Gasteiger partial charge in [-0.15, -0.1) is 4.33 Å². The van der Waals surface area contributed by atoms with Crippen LogP contribution in [-0.2, 0) is 28.6 Å². The second kappa shape index (κ2) is 10.4. The van der Waals surface area contributed by atoms with Gasteiger partial charge in [-0.3, -0.25) is 13.8 Å². The fraction of sp³-hybridized carbons (Fsp3) is 0.115. The van der Waals surface area contributed by atoms with Crippen LogP contribution in [0.4, 0.5) is 11.4 Å². The van der Waals surface area contributed by atoms with Gasteiger partial charge in [0.15, 0.2) is 5.43 Å². The summed E-state index contributed by atoms with van der Waals surface area (Å²) in [4.78, 5) is 35.4. The largest absolute Gasteiger partial charge is 0.512 e. The molecule has 0 atom stereocenters. The smallest absolute Gasteiger partial charge is 0.296 e. The van der Waals surface area contributed by atoms with Gasteiger partial charge in [0.25, 0.3) is 15.7 Å². The third kappa shape index (κ3) is 4.65. The molecule has 5 rings (SSSR count). The van der Waals surface area contributed by atoms with Gasteiger partial charge < -0.3 is 10.4 Å². The average molecular weight is 569 g/mol. The van der Waals surface area contributed by atoms with Gasteiger partial charge in [0.1, 0.15) is 5.76 Å². The second-order valence-corrected chi connectivity index (χ2v) is 10.8. The van der Waals surface area contributed by atoms with Crippen LogP contribution in [0, 0.1) is 10.4 Å². The molecule has 200 valence electrons. The van der Waals surface area contributed by atoms with Gasteiger partial charge in [-0.05, 0) is 42.6 Å². The van der Waals surface area contributed by atoms with Crippen LogP contribution in [0.1, 0.15) is 6.92 Å². The van der Waals surface area contributed by atoms with E-state index in [2.05, 4.69) is 24.4 Å². The number of benzene rings is 3. The van der Waals surface area contributed by atoms with Crippen molar-refractivity contribution in [1.29, 1.82) is 0 Å². The quantitative estimate of drug-likeness (QED) is 0.0929. The summed E-state index contributed by atoms with van der Waals surface area (Å²) < 4.78 is 34.0. The van der Waals surface area contributed by atoms with E-state index < -0.39 is 15.7 Å². The Hall–Kier alpha value is -3.85. The van der Waals surface area contributed by atoms with E-state index in [-0.39, 0.29) is 37.1 Å². The van der Waals surface area contributed by atoms with E-state index in [0.29, 0.717) is 44.6 Å². The van der Waals surface area contributed by atoms with Crippen LogP contribution in [0.25, 0.3) is 27.4 Å². The molecule has 0 spiro atoms. The minimum Gasteiger partial charge on any atom is -0.512 e. The van der Waals surface area contributed by atoms with Crippen LogP contribution in [0.3, 0.4) is 0 Å². The van der Waals surface area contributed by atoms with E-state index in [0.717, 1.165) is 7.11 Å². The molecule has 0 fully saturated rings. The molecule has 11 nitrogen and oxygen atoms in total. The number of rotatable bonds is 8. The zero-order valence-electron chi connectivity index (χ0n) is 20.7. The van der Waals surface area contributed by atoms with Crippen molar-refractivity contribution >= 4 is 61.0 Å². The number of nitrogens with one attached hydrogen (secondary N) is 1. The maximum atomic E-state index is 13.8. The number of hydrogen-bond acceptors (Lipinski definition) is 12. The molecule has 2 N–H and O–H groups in total. The molecule has 0 amide bonds. The lowest BCUT2D eigenvalue weighted by atomic mass is 9.97. The standard InChI is InChI=1S/C26H20N2O9S2/c1-13(29)21-22-15-6-4-5-7-16(15)25(30)24-19(11-10-18(23(22)24)28-26(21)31)27-17-9-8-14(39(32,33)35-3)12-20(17)38-37-36-34-2/h4-12,27,29H,1-3H3/b21-13-. The highest BCUT2D eigenvalue weighted by atomic mass is 32.2. The molecule has 2 aliphatic rings. The monoisotopic (exact) mass is 568 g/mol. The summed E-state index contributed by atoms with van der Waals surface area (Å²) in [5, 5.41) is 20.0. The van der Waals surface area contributed by atoms with E-state index >= 15 is 0 Å². The Labute approximate surface area is 224 Å². The maximum Gasteiger partial charge on any atom is 0.296 e. The minimum absolute atomic E-state index is 0.0105. The van der Waals surface area contributed by atoms with Crippen molar-refractivity contribution in [3.63, 3.8) is 0 Å². The number of nitrogens with zero attached hydrogens (tertiary/aromatic N) is 1. The number of fused-ring (bicyclic) bond motifs is 2. The molecule has 1 heterocycles. The lowest BCUT2D eigenvalue weighted by Crippen LogP contribution is -2.32. The fourth-order valence-electron chi connectivity index (χ4n) is 4.46. The van der Waals surface area contributed by atoms with Crippen LogP contribution in [-0.4, -0.2) is 32.7 Å². The van der Waals surface area contributed by atoms with Crippen molar-refractivity contribution < 1.29 is 32.0 Å². The third-order valence-electron chi connectivity index (χ3n) is 6.10. The number of aliphatic hydroxyl groups is 1. The number of hydrogen-bond donors (Lipinski definition) is 2. The van der Waals surface area contributed by atoms with Gasteiger partial charge in [-0.25, -0.2) is 9.87 Å². The van der Waals surface area contributed by atoms with E-state index in [1.54, 1.807) is 36.4 Å². The first-order valence-electron chi connectivity index (χ1n) is 11.3. The first kappa shape index (κ1) is 26.7. The van der Waals surface area contributed by atoms with Gasteiger partial charge in [0, 0.05) is 15.8 Å². The normalized spacial score (nSPS) is 12.9. The van der Waals surface area contributed by atoms with Crippen LogP contribution < -0.4 is 21.5 Å². The van der Waals surface area contributed by atoms with E-state index in [1.165, 1.54) is 32.2 Å². The van der Waals surface area contributed by atoms with E-state index in [4.69, 9.17) is 4.33 Å². The first-order chi connectivity index (χ1) is 18.7. The molecule has 0 bridgehead atoms. The summed E-state index contributed by atoms with van der Waals surface area (Å²) in [6.07, 6.45) is 0. The lowest BCUT2D eigenvalue weighted by Gasteiger charge is -2.15. The Morgan fingerprint density at radius 2 is 1.69 bits per heavy atom. The highest BCUT2D eigenvalue weighted by Crippen LogP contribution is 2.35. The molecule has 1 aliphatic heterocycles. The second-order valence-electron chi connectivity index (χ2n) is 8.30. The Kier molecular flexibility index (Phi) is 7.11. The first-order valence-corrected chi connectivity index (χ1v) is 13.4. The minimum atomic E-state index is -4.02. The lowest BCUT2D eigenvalue weighted by molar-refractivity contribution is -0.447. The molecule has 0 saturated carbocycles. The van der Waals surface area contributed by atoms with Crippen molar-refractivity contribution in [1.82, 2.24) is 4.98 Å². The zero-order chi connectivity index (χ0) is 27.9. The van der Waals surface area contributed by atoms with Crippen molar-refractivity contribution in [2.75, 3.05) is 19.5 Å². The fourth-order valence-corrected chi connectivity index (χ4v) is 5.77. The van der Waals surface area contributed by atoms with Gasteiger partial charge in [-0.1, -0.05) is 29.3 Å². The number of anilines is 2. The molecule has 39 heavy (non-hydrogen) atoms. The van der Waals surface area contributed by atoms with Crippen LogP contribution in [0.2, 0.25) is 0 Å². The predicted molar refractivity (Wildman–Crippen MR) is 144 cm³/mol. The van der Waals surface area contributed by atoms with Gasteiger partial charge >= 0.3 is 0 Å². The molecule has 0 saturated heterocycles. The molecule has 13 heteroatoms. The van der Waals surface area contributed by atoms with Crippen molar-refractivity contribution in [3.05, 3.63) is 90.8 Å². The highest BCUT2D eigenvalue weighted by molar-refractivity contribution is 7.94. The summed E-state index contributed by atoms with van der Waals surface area (Å²) in [5.74, 6) is -0.221. The SMILES string of the molecule is COOOSc1cc(S(=O)(=O)OC)ccc1Nc1ccc2nc(=O)/c(=C(/C)O)c3c4ccccc4c(=O)c1c2=3. The summed E-state index contributed by atoms with van der Waals surface area (Å²) in [6.45, 7) is 1.39. The van der Waals surface area contributed by atoms with Crippen LogP contribution >= 0.6 is 12.0 Å². The van der Waals surface area contributed by atoms with Crippen LogP contribution in [0.15, 0.2) is 74.0 Å². The zero-order valence-corrected chi connectivity index (χ0v) is 22.3. The molecule has 1 aliphatic carbocycles. The summed E-state index contributed by atoms with van der Waals surface area (Å²) in [5.41, 5.74) is 0.0627. The van der Waals surface area contributed by atoms with E-state index in [9.17, 15) is 23.1 Å². The summed E-state index contributed by atoms with van der Waals surface area (Å²) in [6, 6.07) is 14.1. The molecular formula is C26H20N2O9S2. The van der Waals surface area contributed by atoms with Gasteiger partial charge in [0.05, 0.1) is 63.5 Å². The molecule has 0 radical (unpaired) electrons. The Morgan fingerprint density at radius 1 is 0.974 bits per heavy atom. The predicted octanol–water partition coefficient (Wildman–Crippen LogP) is 3.27. The topological polar surface area (TPSA) is 150 Å². The highest BCUT2D eigenvalue weighted by Gasteiger charge is 2.20. The Bertz CT molecular complexity index is 2080. The molecule has 3 aromatic rings. The van der Waals surface area contributed by atoms with Crippen molar-refractivity contribution in [3.8, 4) is 0 Å². The summed E-state index contributed by atoms with van der Waals surface area (Å²) in [7, 11) is -1.75. The Balaban J connectivity index is 1.84.